The van der Waals surface area contributed by atoms with Crippen molar-refractivity contribution in [3.05, 3.63) is 40.9 Å². The van der Waals surface area contributed by atoms with E-state index >= 15 is 0 Å². The van der Waals surface area contributed by atoms with Crippen molar-refractivity contribution in [2.24, 2.45) is 0 Å². The summed E-state index contributed by atoms with van der Waals surface area (Å²) in [5.41, 5.74) is 1.55. The Morgan fingerprint density at radius 3 is 2.65 bits per heavy atom. The average Bonchev–Trinajstić information content (AvgIpc) is 3.01. The number of carbonyl (C=O) groups is 1. The van der Waals surface area contributed by atoms with Crippen LogP contribution in [0.15, 0.2) is 29.6 Å². The van der Waals surface area contributed by atoms with Gasteiger partial charge in [0.2, 0.25) is 0 Å². The molecule has 1 amide bonds. The molecule has 26 heavy (non-hydrogen) atoms. The van der Waals surface area contributed by atoms with E-state index in [4.69, 9.17) is 9.47 Å². The predicted molar refractivity (Wildman–Crippen MR) is 103 cm³/mol. The van der Waals surface area contributed by atoms with E-state index in [0.717, 1.165) is 31.1 Å². The van der Waals surface area contributed by atoms with E-state index in [-0.39, 0.29) is 18.1 Å². The van der Waals surface area contributed by atoms with Crippen molar-refractivity contribution >= 4 is 22.4 Å². The number of morpholine rings is 1. The van der Waals surface area contributed by atoms with Gasteiger partial charge in [0.25, 0.3) is 5.91 Å². The number of nitrogens with zero attached hydrogens (tertiary/aromatic N) is 2. The second-order valence-electron chi connectivity index (χ2n) is 6.51. The number of aromatic nitrogens is 1. The lowest BCUT2D eigenvalue weighted by Gasteiger charge is -2.34. The molecule has 2 heterocycles. The molecule has 0 radical (unpaired) electrons. The normalized spacial score (nSPS) is 20.7. The van der Waals surface area contributed by atoms with E-state index in [1.165, 1.54) is 11.3 Å². The highest BCUT2D eigenvalue weighted by Gasteiger charge is 2.22. The molecule has 2 aromatic rings. The van der Waals surface area contributed by atoms with Crippen LogP contribution < -0.4 is 10.1 Å². The number of benzene rings is 1. The number of thiazole rings is 1. The van der Waals surface area contributed by atoms with Crippen molar-refractivity contribution in [2.75, 3.05) is 25.0 Å². The quantitative estimate of drug-likeness (QED) is 0.838. The summed E-state index contributed by atoms with van der Waals surface area (Å²) in [7, 11) is 0. The number of rotatable bonds is 6. The number of hydrogen-bond donors (Lipinski definition) is 1. The molecule has 1 fully saturated rings. The Hall–Kier alpha value is -1.96. The monoisotopic (exact) mass is 375 g/mol. The molecule has 1 aliphatic rings. The number of nitrogens with one attached hydrogen (secondary N) is 1. The van der Waals surface area contributed by atoms with Gasteiger partial charge in [0, 0.05) is 30.6 Å². The number of hydrogen-bond acceptors (Lipinski definition) is 6. The highest BCUT2D eigenvalue weighted by molar-refractivity contribution is 7.13. The average molecular weight is 375 g/mol. The Bertz CT molecular complexity index is 722. The lowest BCUT2D eigenvalue weighted by molar-refractivity contribution is -0.0707. The first kappa shape index (κ1) is 18.8. The molecule has 7 heteroatoms. The summed E-state index contributed by atoms with van der Waals surface area (Å²) in [6, 6.07) is 7.11. The molecule has 0 saturated carbocycles. The fourth-order valence-electron chi connectivity index (χ4n) is 3.12. The van der Waals surface area contributed by atoms with Gasteiger partial charge in [-0.25, -0.2) is 4.98 Å². The van der Waals surface area contributed by atoms with Gasteiger partial charge < -0.3 is 9.47 Å². The number of anilines is 1. The maximum Gasteiger partial charge on any atom is 0.257 e. The molecule has 0 aliphatic carbocycles. The molecule has 2 atom stereocenters. The van der Waals surface area contributed by atoms with Crippen molar-refractivity contribution in [1.82, 2.24) is 9.88 Å². The fourth-order valence-corrected chi connectivity index (χ4v) is 3.81. The highest BCUT2D eigenvalue weighted by atomic mass is 32.1. The molecule has 1 aromatic carbocycles. The van der Waals surface area contributed by atoms with Crippen molar-refractivity contribution < 1.29 is 14.3 Å². The van der Waals surface area contributed by atoms with Crippen LogP contribution in [0.25, 0.3) is 0 Å². The Morgan fingerprint density at radius 2 is 2.00 bits per heavy atom. The van der Waals surface area contributed by atoms with Gasteiger partial charge in [-0.15, -0.1) is 11.3 Å². The van der Waals surface area contributed by atoms with Gasteiger partial charge in [-0.2, -0.15) is 0 Å². The second-order valence-corrected chi connectivity index (χ2v) is 7.37. The Labute approximate surface area is 158 Å². The van der Waals surface area contributed by atoms with Crippen LogP contribution in [0.5, 0.6) is 5.75 Å². The minimum atomic E-state index is -0.164. The largest absolute Gasteiger partial charge is 0.494 e. The molecule has 1 N–H and O–H groups in total. The zero-order valence-electron chi connectivity index (χ0n) is 15.4. The third-order valence-electron chi connectivity index (χ3n) is 4.08. The van der Waals surface area contributed by atoms with Crippen LogP contribution in [0.4, 0.5) is 5.13 Å². The zero-order chi connectivity index (χ0) is 18.5. The summed E-state index contributed by atoms with van der Waals surface area (Å²) in [5.74, 6) is 0.595. The maximum atomic E-state index is 12.4. The minimum absolute atomic E-state index is 0.164. The molecule has 1 saturated heterocycles. The van der Waals surface area contributed by atoms with Crippen molar-refractivity contribution in [1.29, 1.82) is 0 Å². The molecule has 6 nitrogen and oxygen atoms in total. The summed E-state index contributed by atoms with van der Waals surface area (Å²) in [5, 5.41) is 5.49. The Morgan fingerprint density at radius 1 is 1.31 bits per heavy atom. The molecule has 140 valence electrons. The molecular weight excluding hydrogens is 350 g/mol. The van der Waals surface area contributed by atoms with Gasteiger partial charge in [-0.3, -0.25) is 15.0 Å². The molecule has 1 aromatic heterocycles. The van der Waals surface area contributed by atoms with E-state index in [9.17, 15) is 4.79 Å². The van der Waals surface area contributed by atoms with Crippen LogP contribution in [0, 0.1) is 0 Å². The summed E-state index contributed by atoms with van der Waals surface area (Å²) >= 11 is 1.45. The van der Waals surface area contributed by atoms with Crippen LogP contribution in [0.1, 0.15) is 36.8 Å². The second kappa shape index (κ2) is 8.62. The topological polar surface area (TPSA) is 63.7 Å². The van der Waals surface area contributed by atoms with Crippen LogP contribution in [-0.4, -0.2) is 47.7 Å². The van der Waals surface area contributed by atoms with E-state index in [0.29, 0.717) is 17.3 Å². The lowest BCUT2D eigenvalue weighted by Crippen LogP contribution is -2.44. The molecule has 3 rings (SSSR count). The summed E-state index contributed by atoms with van der Waals surface area (Å²) < 4.78 is 11.2. The van der Waals surface area contributed by atoms with Crippen LogP contribution in [0.2, 0.25) is 0 Å². The molecular formula is C19H25N3O3S. The standard InChI is InChI=1S/C19H25N3O3S/c1-4-24-17-7-5-15(6-8-17)18(23)21-19-20-16(12-26-19)11-22-9-13(2)25-14(3)10-22/h5-8,12-14H,4,9-11H2,1-3H3,(H,20,21,23)/t13-,14+. The van der Waals surface area contributed by atoms with E-state index in [2.05, 4.69) is 29.0 Å². The van der Waals surface area contributed by atoms with Crippen LogP contribution >= 0.6 is 11.3 Å². The highest BCUT2D eigenvalue weighted by Crippen LogP contribution is 2.20. The van der Waals surface area contributed by atoms with Crippen molar-refractivity contribution in [3.63, 3.8) is 0 Å². The van der Waals surface area contributed by atoms with Crippen molar-refractivity contribution in [3.8, 4) is 5.75 Å². The Balaban J connectivity index is 1.56. The third kappa shape index (κ3) is 5.03. The smallest absolute Gasteiger partial charge is 0.257 e. The van der Waals surface area contributed by atoms with Gasteiger partial charge in [0.15, 0.2) is 5.13 Å². The number of ether oxygens (including phenoxy) is 2. The van der Waals surface area contributed by atoms with Gasteiger partial charge in [-0.05, 0) is 45.0 Å². The number of carbonyl (C=O) groups excluding carboxylic acids is 1. The van der Waals surface area contributed by atoms with E-state index in [1.807, 2.05) is 12.3 Å². The SMILES string of the molecule is CCOc1ccc(C(=O)Nc2nc(CN3C[C@@H](C)O[C@@H](C)C3)cs2)cc1. The van der Waals surface area contributed by atoms with Crippen LogP contribution in [-0.2, 0) is 11.3 Å². The van der Waals surface area contributed by atoms with Gasteiger partial charge in [0.1, 0.15) is 5.75 Å². The first-order valence-corrected chi connectivity index (χ1v) is 9.78. The third-order valence-corrected chi connectivity index (χ3v) is 4.89. The molecule has 0 bridgehead atoms. The van der Waals surface area contributed by atoms with Gasteiger partial charge in [-0.1, -0.05) is 0 Å². The maximum absolute atomic E-state index is 12.4. The summed E-state index contributed by atoms with van der Waals surface area (Å²) in [6.07, 6.45) is 0.465. The number of amides is 1. The Kier molecular flexibility index (Phi) is 6.24. The summed E-state index contributed by atoms with van der Waals surface area (Å²) in [6.45, 7) is 9.28. The molecule has 0 unspecified atom stereocenters. The first-order valence-electron chi connectivity index (χ1n) is 8.90. The van der Waals surface area contributed by atoms with E-state index < -0.39 is 0 Å². The lowest BCUT2D eigenvalue weighted by atomic mass is 10.2. The predicted octanol–water partition coefficient (Wildman–Crippen LogP) is 3.40. The van der Waals surface area contributed by atoms with Gasteiger partial charge >= 0.3 is 0 Å². The van der Waals surface area contributed by atoms with Crippen LogP contribution in [0.3, 0.4) is 0 Å². The summed E-state index contributed by atoms with van der Waals surface area (Å²) in [4.78, 5) is 19.2. The zero-order valence-corrected chi connectivity index (χ0v) is 16.2. The fraction of sp³-hybridized carbons (Fsp3) is 0.474. The van der Waals surface area contributed by atoms with E-state index in [1.54, 1.807) is 24.3 Å². The molecule has 0 spiro atoms. The first-order chi connectivity index (χ1) is 12.5. The van der Waals surface area contributed by atoms with Gasteiger partial charge in [0.05, 0.1) is 24.5 Å². The minimum Gasteiger partial charge on any atom is -0.494 e. The van der Waals surface area contributed by atoms with Crippen molar-refractivity contribution in [2.45, 2.75) is 39.5 Å². The molecule has 1 aliphatic heterocycles.